The van der Waals surface area contributed by atoms with Gasteiger partial charge in [-0.3, -0.25) is 14.4 Å². The molecular weight excluding hydrogens is 432 g/mol. The molecule has 0 aromatic carbocycles. The number of carbonyl (C=O) groups excluding carboxylic acids is 2. The number of aliphatic carboxylic acids is 1. The first kappa shape index (κ1) is 25.2. The standard InChI is InChI=1S/C28H40O6/c1-16(2)20-13-22-25-18(14-28(20,34-22)12-10-24(32)33-6)21(29)15-27(5)19(9-11-26(25,27)4)17(3)7-8-23(30)31/h17,19-20,22H,1,7-15H2,2-6H3,(H,30,31)/t17-,19-,20+,22+,26+,27-,28+/m1/s1. The fourth-order valence-corrected chi connectivity index (χ4v) is 8.23. The van der Waals surface area contributed by atoms with E-state index in [0.717, 1.165) is 30.4 Å². The van der Waals surface area contributed by atoms with Crippen LogP contribution in [0.3, 0.4) is 0 Å². The highest BCUT2D eigenvalue weighted by Crippen LogP contribution is 2.70. The summed E-state index contributed by atoms with van der Waals surface area (Å²) in [5, 5.41) is 9.19. The molecule has 4 aliphatic rings. The maximum absolute atomic E-state index is 13.8. The number of esters is 1. The van der Waals surface area contributed by atoms with E-state index in [-0.39, 0.29) is 53.4 Å². The molecule has 0 radical (unpaired) electrons. The Morgan fingerprint density at radius 3 is 2.59 bits per heavy atom. The summed E-state index contributed by atoms with van der Waals surface area (Å²) in [6.07, 6.45) is 5.30. The fourth-order valence-electron chi connectivity index (χ4n) is 8.23. The summed E-state index contributed by atoms with van der Waals surface area (Å²) in [6, 6.07) is 0. The number of rotatable bonds is 8. The minimum Gasteiger partial charge on any atom is -0.481 e. The average molecular weight is 473 g/mol. The van der Waals surface area contributed by atoms with Gasteiger partial charge in [-0.25, -0.2) is 0 Å². The summed E-state index contributed by atoms with van der Waals surface area (Å²) in [5.41, 5.74) is 2.23. The Morgan fingerprint density at radius 1 is 1.26 bits per heavy atom. The highest BCUT2D eigenvalue weighted by Gasteiger charge is 2.66. The molecule has 1 saturated heterocycles. The van der Waals surface area contributed by atoms with Crippen LogP contribution in [0, 0.1) is 28.6 Å². The van der Waals surface area contributed by atoms with E-state index < -0.39 is 11.6 Å². The fraction of sp³-hybridized carbons (Fsp3) is 0.750. The molecule has 0 aromatic rings. The normalized spacial score (nSPS) is 39.4. The van der Waals surface area contributed by atoms with Crippen molar-refractivity contribution in [1.82, 2.24) is 0 Å². The van der Waals surface area contributed by atoms with Gasteiger partial charge in [-0.05, 0) is 67.3 Å². The molecule has 2 bridgehead atoms. The van der Waals surface area contributed by atoms with E-state index in [1.807, 2.05) is 6.92 Å². The predicted octanol–water partition coefficient (Wildman–Crippen LogP) is 5.26. The van der Waals surface area contributed by atoms with E-state index in [1.54, 1.807) is 0 Å². The van der Waals surface area contributed by atoms with Crippen molar-refractivity contribution in [2.24, 2.45) is 28.6 Å². The lowest BCUT2D eigenvalue weighted by atomic mass is 9.51. The largest absolute Gasteiger partial charge is 0.481 e. The molecule has 2 aliphatic heterocycles. The highest BCUT2D eigenvalue weighted by atomic mass is 16.5. The van der Waals surface area contributed by atoms with Gasteiger partial charge in [0.15, 0.2) is 5.78 Å². The number of Topliss-reactive ketones (excluding diaryl/α,β-unsaturated/α-hetero) is 1. The lowest BCUT2D eigenvalue weighted by molar-refractivity contribution is -0.144. The third-order valence-corrected chi connectivity index (χ3v) is 10.2. The Hall–Kier alpha value is -1.95. The molecule has 0 spiro atoms. The second-order valence-electron chi connectivity index (χ2n) is 11.9. The van der Waals surface area contributed by atoms with Crippen LogP contribution in [-0.2, 0) is 23.9 Å². The Bertz CT molecular complexity index is 949. The van der Waals surface area contributed by atoms with Gasteiger partial charge in [-0.15, -0.1) is 0 Å². The van der Waals surface area contributed by atoms with E-state index in [2.05, 4.69) is 27.4 Å². The minimum atomic E-state index is -0.761. The molecule has 2 fully saturated rings. The van der Waals surface area contributed by atoms with Gasteiger partial charge in [0, 0.05) is 37.2 Å². The molecule has 0 aromatic heterocycles. The van der Waals surface area contributed by atoms with E-state index in [9.17, 15) is 19.5 Å². The average Bonchev–Trinajstić information content (AvgIpc) is 3.21. The molecule has 1 saturated carbocycles. The Kier molecular flexibility index (Phi) is 6.37. The van der Waals surface area contributed by atoms with Gasteiger partial charge in [0.05, 0.1) is 18.8 Å². The molecule has 6 heteroatoms. The van der Waals surface area contributed by atoms with Crippen LogP contribution >= 0.6 is 0 Å². The van der Waals surface area contributed by atoms with E-state index in [4.69, 9.17) is 9.47 Å². The van der Waals surface area contributed by atoms with Crippen molar-refractivity contribution in [3.63, 3.8) is 0 Å². The lowest BCUT2D eigenvalue weighted by Gasteiger charge is -2.54. The third kappa shape index (κ3) is 3.68. The van der Waals surface area contributed by atoms with Crippen LogP contribution in [0.25, 0.3) is 0 Å². The molecule has 2 aliphatic carbocycles. The SMILES string of the molecule is C=C(C)[C@@H]1C[C@@H]2O[C@@]1(CCC(=O)OC)CC1=C2[C@]2(C)CC[C@H]([C@H](C)CCC(=O)O)[C@@]2(C)CC1=O. The van der Waals surface area contributed by atoms with Gasteiger partial charge in [-0.1, -0.05) is 32.9 Å². The molecular formula is C28H40O6. The van der Waals surface area contributed by atoms with Gasteiger partial charge in [0.2, 0.25) is 0 Å². The maximum atomic E-state index is 13.8. The summed E-state index contributed by atoms with van der Waals surface area (Å²) >= 11 is 0. The van der Waals surface area contributed by atoms with Crippen molar-refractivity contribution in [2.75, 3.05) is 7.11 Å². The van der Waals surface area contributed by atoms with E-state index in [0.29, 0.717) is 31.6 Å². The van der Waals surface area contributed by atoms with Crippen molar-refractivity contribution >= 4 is 17.7 Å². The lowest BCUT2D eigenvalue weighted by Crippen LogP contribution is -2.52. The number of methoxy groups -OCH3 is 1. The number of hydrogen-bond acceptors (Lipinski definition) is 5. The van der Waals surface area contributed by atoms with Gasteiger partial charge in [0.1, 0.15) is 0 Å². The van der Waals surface area contributed by atoms with Gasteiger partial charge in [-0.2, -0.15) is 0 Å². The van der Waals surface area contributed by atoms with Crippen molar-refractivity contribution < 1.29 is 29.0 Å². The van der Waals surface area contributed by atoms with Crippen LogP contribution in [0.4, 0.5) is 0 Å². The van der Waals surface area contributed by atoms with Crippen molar-refractivity contribution in [3.05, 3.63) is 23.3 Å². The molecule has 0 unspecified atom stereocenters. The highest BCUT2D eigenvalue weighted by molar-refractivity contribution is 5.99. The molecule has 188 valence electrons. The number of ether oxygens (including phenoxy) is 2. The Balaban J connectivity index is 1.70. The van der Waals surface area contributed by atoms with Crippen molar-refractivity contribution in [1.29, 1.82) is 0 Å². The monoisotopic (exact) mass is 472 g/mol. The van der Waals surface area contributed by atoms with Crippen LogP contribution in [-0.4, -0.2) is 41.6 Å². The molecule has 1 N–H and O–H groups in total. The first-order valence-corrected chi connectivity index (χ1v) is 12.8. The molecule has 0 amide bonds. The quantitative estimate of drug-likeness (QED) is 0.383. The summed E-state index contributed by atoms with van der Waals surface area (Å²) < 4.78 is 11.7. The van der Waals surface area contributed by atoms with Crippen LogP contribution in [0.5, 0.6) is 0 Å². The van der Waals surface area contributed by atoms with Crippen LogP contribution in [0.2, 0.25) is 0 Å². The van der Waals surface area contributed by atoms with Gasteiger partial charge < -0.3 is 14.6 Å². The topological polar surface area (TPSA) is 89.9 Å². The Morgan fingerprint density at radius 2 is 1.97 bits per heavy atom. The van der Waals surface area contributed by atoms with Crippen molar-refractivity contribution in [3.8, 4) is 0 Å². The zero-order valence-electron chi connectivity index (χ0n) is 21.4. The number of carbonyl (C=O) groups is 3. The van der Waals surface area contributed by atoms with Gasteiger partial charge in [0.25, 0.3) is 0 Å². The van der Waals surface area contributed by atoms with E-state index in [1.165, 1.54) is 12.7 Å². The zero-order valence-corrected chi connectivity index (χ0v) is 21.4. The number of fused-ring (bicyclic) bond motifs is 5. The van der Waals surface area contributed by atoms with Crippen molar-refractivity contribution in [2.45, 2.75) is 97.2 Å². The molecule has 7 atom stereocenters. The number of carboxylic acids is 1. The number of carboxylic acid groups (broad SMARTS) is 1. The summed E-state index contributed by atoms with van der Waals surface area (Å²) in [7, 11) is 1.40. The van der Waals surface area contributed by atoms with Crippen LogP contribution in [0.15, 0.2) is 23.3 Å². The number of hydrogen-bond donors (Lipinski definition) is 1. The zero-order chi connectivity index (χ0) is 25.1. The molecule has 6 nitrogen and oxygen atoms in total. The molecule has 4 rings (SSSR count). The first-order valence-electron chi connectivity index (χ1n) is 12.8. The summed E-state index contributed by atoms with van der Waals surface area (Å²) in [4.78, 5) is 36.9. The first-order chi connectivity index (χ1) is 15.9. The second-order valence-corrected chi connectivity index (χ2v) is 11.9. The smallest absolute Gasteiger partial charge is 0.305 e. The van der Waals surface area contributed by atoms with E-state index >= 15 is 0 Å². The van der Waals surface area contributed by atoms with Crippen LogP contribution < -0.4 is 0 Å². The predicted molar refractivity (Wildman–Crippen MR) is 128 cm³/mol. The van der Waals surface area contributed by atoms with Crippen LogP contribution in [0.1, 0.15) is 85.5 Å². The maximum Gasteiger partial charge on any atom is 0.305 e. The summed E-state index contributed by atoms with van der Waals surface area (Å²) in [5.74, 6) is -0.159. The molecule has 2 heterocycles. The second kappa shape index (κ2) is 8.61. The summed E-state index contributed by atoms with van der Waals surface area (Å²) in [6.45, 7) is 13.0. The van der Waals surface area contributed by atoms with Gasteiger partial charge >= 0.3 is 11.9 Å². The molecule has 34 heavy (non-hydrogen) atoms. The third-order valence-electron chi connectivity index (χ3n) is 10.2. The number of ketones is 1. The Labute approximate surface area is 203 Å². The minimum absolute atomic E-state index is 0.0992.